The maximum atomic E-state index is 8.14. The van der Waals surface area contributed by atoms with Gasteiger partial charge >= 0.3 is 0 Å². The van der Waals surface area contributed by atoms with Crippen molar-refractivity contribution in [3.63, 3.8) is 0 Å². The molecule has 0 N–H and O–H groups in total. The molecule has 6 rings (SSSR count). The van der Waals surface area contributed by atoms with Gasteiger partial charge in [-0.15, -0.1) is 59.7 Å². The zero-order valence-electron chi connectivity index (χ0n) is 24.0. The summed E-state index contributed by atoms with van der Waals surface area (Å²) < 4.78 is 54.7. The number of aryl methyl sites for hydroxylation is 1. The number of fused-ring (bicyclic) bond motifs is 3. The first kappa shape index (κ1) is 15.6. The van der Waals surface area contributed by atoms with Gasteiger partial charge in [-0.3, -0.25) is 0 Å². The molecular weight excluding hydrogens is 603 g/mol. The van der Waals surface area contributed by atoms with E-state index in [1.165, 1.54) is 17.4 Å². The van der Waals surface area contributed by atoms with Crippen LogP contribution in [0.3, 0.4) is 0 Å². The van der Waals surface area contributed by atoms with E-state index in [0.29, 0.717) is 15.1 Å². The summed E-state index contributed by atoms with van der Waals surface area (Å²) in [5.74, 6) is 0. The third-order valence-corrected chi connectivity index (χ3v) is 5.78. The van der Waals surface area contributed by atoms with Crippen LogP contribution in [0.5, 0.6) is 0 Å². The Hall–Kier alpha value is -3.24. The van der Waals surface area contributed by atoms with E-state index in [4.69, 9.17) is 9.60 Å². The van der Waals surface area contributed by atoms with E-state index < -0.39 is 12.9 Å². The van der Waals surface area contributed by atoms with Gasteiger partial charge in [0.25, 0.3) is 0 Å². The summed E-state index contributed by atoms with van der Waals surface area (Å²) in [5, 5.41) is 1.58. The number of aromatic nitrogens is 3. The van der Waals surface area contributed by atoms with Crippen LogP contribution in [0.15, 0.2) is 97.2 Å². The third kappa shape index (κ3) is 5.07. The Labute approximate surface area is 220 Å². The maximum absolute atomic E-state index is 8.14. The van der Waals surface area contributed by atoms with E-state index in [2.05, 4.69) is 27.1 Å². The van der Waals surface area contributed by atoms with Crippen LogP contribution in [0.2, 0.25) is 0 Å². The van der Waals surface area contributed by atoms with Crippen molar-refractivity contribution in [1.29, 1.82) is 0 Å². The first-order valence-electron chi connectivity index (χ1n) is 13.2. The first-order valence-corrected chi connectivity index (χ1v) is 10.5. The summed E-state index contributed by atoms with van der Waals surface area (Å²) in [6.07, 6.45) is 1.41. The minimum absolute atomic E-state index is 0. The van der Waals surface area contributed by atoms with E-state index in [-0.39, 0.29) is 49.8 Å². The fourth-order valence-electron chi connectivity index (χ4n) is 3.22. The maximum Gasteiger partial charge on any atom is 0.113 e. The summed E-state index contributed by atoms with van der Waals surface area (Å²) in [4.78, 5) is 13.0. The van der Waals surface area contributed by atoms with E-state index in [1.54, 1.807) is 18.3 Å². The molecule has 0 amide bonds. The minimum atomic E-state index is -2.31. The van der Waals surface area contributed by atoms with E-state index in [0.717, 1.165) is 22.0 Å². The van der Waals surface area contributed by atoms with Gasteiger partial charge in [-0.2, -0.15) is 11.3 Å². The molecule has 3 nitrogen and oxygen atoms in total. The van der Waals surface area contributed by atoms with Crippen LogP contribution >= 0.6 is 11.3 Å². The molecule has 0 unspecified atom stereocenters. The predicted molar refractivity (Wildman–Crippen MR) is 132 cm³/mol. The summed E-state index contributed by atoms with van der Waals surface area (Å²) in [6.45, 7) is -2.31. The average molecular weight is 629 g/mol. The molecule has 6 aromatic rings. The normalized spacial score (nSPS) is 13.8. The van der Waals surface area contributed by atoms with Crippen LogP contribution in [0.25, 0.3) is 42.8 Å². The molecule has 5 heteroatoms. The van der Waals surface area contributed by atoms with Gasteiger partial charge in [0, 0.05) is 42.3 Å². The number of pyridine rings is 3. The van der Waals surface area contributed by atoms with Crippen molar-refractivity contribution in [1.82, 2.24) is 15.0 Å². The van der Waals surface area contributed by atoms with Crippen LogP contribution in [0.1, 0.15) is 15.3 Å². The van der Waals surface area contributed by atoms with Crippen molar-refractivity contribution in [3.05, 3.63) is 115 Å². The van der Waals surface area contributed by atoms with Crippen molar-refractivity contribution < 1.29 is 29.7 Å². The number of benzene rings is 2. The Bertz CT molecular complexity index is 1760. The molecule has 0 atom stereocenters. The summed E-state index contributed by atoms with van der Waals surface area (Å²) in [6, 6.07) is 25.5. The van der Waals surface area contributed by atoms with Crippen LogP contribution in [-0.4, -0.2) is 15.0 Å². The Kier molecular flexibility index (Phi) is 4.99. The second-order valence-electron chi connectivity index (χ2n) is 6.69. The van der Waals surface area contributed by atoms with Crippen molar-refractivity contribution in [2.75, 3.05) is 0 Å². The van der Waals surface area contributed by atoms with Crippen LogP contribution in [-0.2, 0) is 20.1 Å². The molecule has 0 fully saturated rings. The Balaban J connectivity index is 0.000000238. The largest absolute Gasteiger partial charge is 0.305 e. The molecule has 0 aliphatic carbocycles. The van der Waals surface area contributed by atoms with Crippen molar-refractivity contribution in [2.45, 2.75) is 6.85 Å². The fraction of sp³-hybridized carbons (Fsp3) is 0.0357. The topological polar surface area (TPSA) is 38.7 Å². The van der Waals surface area contributed by atoms with E-state index in [9.17, 15) is 0 Å². The van der Waals surface area contributed by atoms with Gasteiger partial charge in [-0.25, -0.2) is 4.98 Å². The van der Waals surface area contributed by atoms with Crippen LogP contribution in [0.4, 0.5) is 0 Å². The standard InChI is InChI=1S/C17H11N2S.C11H8N.Ir/c1-11-8-9-13-12-5-4-6-14(15-7-2-3-10-18-15)16(12)20-17(13)19-11;1-2-6-10(7-3-1)11-8-4-5-9-12-11;/h2-5,7-10H,1H3;1-6,8-9H;/q2*-1;/i1D3,2D,3D,7D,10D;;. The van der Waals surface area contributed by atoms with Gasteiger partial charge < -0.3 is 9.97 Å². The molecule has 2 aromatic carbocycles. The molecule has 0 aliphatic heterocycles. The molecule has 4 aromatic heterocycles. The van der Waals surface area contributed by atoms with Crippen molar-refractivity contribution in [2.24, 2.45) is 0 Å². The molecule has 0 bridgehead atoms. The Morgan fingerprint density at radius 3 is 2.64 bits per heavy atom. The van der Waals surface area contributed by atoms with Crippen molar-refractivity contribution >= 4 is 31.6 Å². The third-order valence-electron chi connectivity index (χ3n) is 4.65. The van der Waals surface area contributed by atoms with Gasteiger partial charge in [-0.05, 0) is 46.5 Å². The smallest absolute Gasteiger partial charge is 0.113 e. The second-order valence-corrected chi connectivity index (χ2v) is 7.68. The summed E-state index contributed by atoms with van der Waals surface area (Å²) in [5.41, 5.74) is 2.56. The fourth-order valence-corrected chi connectivity index (χ4v) is 4.39. The van der Waals surface area contributed by atoms with Gasteiger partial charge in [0.2, 0.25) is 0 Å². The van der Waals surface area contributed by atoms with Crippen LogP contribution < -0.4 is 0 Å². The predicted octanol–water partition coefficient (Wildman–Crippen LogP) is 7.17. The van der Waals surface area contributed by atoms with Gasteiger partial charge in [0.15, 0.2) is 0 Å². The molecule has 0 aliphatic rings. The molecule has 33 heavy (non-hydrogen) atoms. The zero-order valence-corrected chi connectivity index (χ0v) is 20.2. The molecule has 0 saturated carbocycles. The Morgan fingerprint density at radius 2 is 1.82 bits per heavy atom. The van der Waals surface area contributed by atoms with Gasteiger partial charge in [0.05, 0.1) is 5.48 Å². The number of hydrogen-bond donors (Lipinski definition) is 0. The first-order chi connectivity index (χ1) is 18.6. The van der Waals surface area contributed by atoms with Crippen LogP contribution in [0, 0.1) is 19.0 Å². The number of thiophene rings is 1. The molecule has 4 heterocycles. The minimum Gasteiger partial charge on any atom is -0.305 e. The van der Waals surface area contributed by atoms with Gasteiger partial charge in [-0.1, -0.05) is 35.7 Å². The monoisotopic (exact) mass is 629 g/mol. The SMILES string of the molecule is [2H]c1nc(-c2[c-]ccc3c2sc2nc(C([2H])([2H])[2H])ccc23)c([2H])c([2H])c1[2H].[Ir].[c-]1ccccc1-c1ccccn1. The number of nitrogens with zero attached hydrogens (tertiary/aromatic N) is 3. The Morgan fingerprint density at radius 1 is 0.879 bits per heavy atom. The van der Waals surface area contributed by atoms with Crippen molar-refractivity contribution in [3.8, 4) is 22.5 Å². The molecule has 1 radical (unpaired) electrons. The van der Waals surface area contributed by atoms with E-state index in [1.807, 2.05) is 48.5 Å². The quantitative estimate of drug-likeness (QED) is 0.191. The molecular formula is C28H19IrN3S-2. The zero-order chi connectivity index (χ0) is 27.7. The molecule has 163 valence electrons. The molecule has 0 saturated heterocycles. The second kappa shape index (κ2) is 10.6. The number of rotatable bonds is 2. The van der Waals surface area contributed by atoms with E-state index >= 15 is 0 Å². The average Bonchev–Trinajstić information content (AvgIpc) is 3.33. The number of hydrogen-bond acceptors (Lipinski definition) is 4. The van der Waals surface area contributed by atoms with Gasteiger partial charge in [0.1, 0.15) is 4.83 Å². The summed E-state index contributed by atoms with van der Waals surface area (Å²) in [7, 11) is 0. The molecule has 0 spiro atoms. The summed E-state index contributed by atoms with van der Waals surface area (Å²) >= 11 is 1.25.